The van der Waals surface area contributed by atoms with Gasteiger partial charge in [-0.15, -0.1) is 12.4 Å². The highest BCUT2D eigenvalue weighted by atomic mass is 79.9. The highest BCUT2D eigenvalue weighted by molar-refractivity contribution is 9.10. The molecule has 14 heavy (non-hydrogen) atoms. The lowest BCUT2D eigenvalue weighted by Gasteiger charge is -2.05. The number of aromatic nitrogens is 1. The van der Waals surface area contributed by atoms with Crippen LogP contribution in [0.25, 0.3) is 10.8 Å². The molecule has 0 aliphatic heterocycles. The molecule has 1 heterocycles. The summed E-state index contributed by atoms with van der Waals surface area (Å²) < 4.78 is 1.05. The highest BCUT2D eigenvalue weighted by Gasteiger charge is 2.01. The number of nitrogens with zero attached hydrogens (tertiary/aromatic N) is 1. The van der Waals surface area contributed by atoms with Gasteiger partial charge in [-0.25, -0.2) is 0 Å². The van der Waals surface area contributed by atoms with Crippen LogP contribution in [0, 0.1) is 0 Å². The van der Waals surface area contributed by atoms with Crippen molar-refractivity contribution in [3.63, 3.8) is 0 Å². The molecule has 74 valence electrons. The van der Waals surface area contributed by atoms with Gasteiger partial charge >= 0.3 is 0 Å². The van der Waals surface area contributed by atoms with Gasteiger partial charge in [0.05, 0.1) is 5.69 Å². The van der Waals surface area contributed by atoms with Crippen LogP contribution in [-0.4, -0.2) is 4.98 Å². The van der Waals surface area contributed by atoms with Gasteiger partial charge in [-0.3, -0.25) is 10.8 Å². The molecule has 5 heteroatoms. The van der Waals surface area contributed by atoms with E-state index in [0.717, 1.165) is 20.9 Å². The molecular weight excluding hydrogens is 265 g/mol. The molecule has 0 atom stereocenters. The molecular formula is C9H9BrClN3. The molecule has 3 nitrogen and oxygen atoms in total. The van der Waals surface area contributed by atoms with Crippen molar-refractivity contribution in [2.75, 3.05) is 5.43 Å². The first kappa shape index (κ1) is 11.2. The number of nitrogens with one attached hydrogen (secondary N) is 1. The highest BCUT2D eigenvalue weighted by Crippen LogP contribution is 2.28. The van der Waals surface area contributed by atoms with Crippen LogP contribution in [0.5, 0.6) is 0 Å². The van der Waals surface area contributed by atoms with Crippen LogP contribution in [-0.2, 0) is 0 Å². The van der Waals surface area contributed by atoms with Crippen LogP contribution in [0.2, 0.25) is 0 Å². The number of rotatable bonds is 1. The molecule has 0 fully saturated rings. The van der Waals surface area contributed by atoms with Crippen molar-refractivity contribution < 1.29 is 0 Å². The molecule has 2 aromatic rings. The summed E-state index contributed by atoms with van der Waals surface area (Å²) in [6.07, 6.45) is 3.54. The van der Waals surface area contributed by atoms with Gasteiger partial charge in [0.25, 0.3) is 0 Å². The average molecular weight is 275 g/mol. The molecule has 0 aliphatic rings. The molecule has 0 saturated heterocycles. The minimum atomic E-state index is 0. The van der Waals surface area contributed by atoms with Crippen LogP contribution in [0.3, 0.4) is 0 Å². The molecule has 3 N–H and O–H groups in total. The maximum atomic E-state index is 5.37. The second-order valence-electron chi connectivity index (χ2n) is 2.66. The zero-order chi connectivity index (χ0) is 9.26. The van der Waals surface area contributed by atoms with Crippen LogP contribution in [0.15, 0.2) is 35.1 Å². The Balaban J connectivity index is 0.000000980. The lowest BCUT2D eigenvalue weighted by molar-refractivity contribution is 1.33. The number of benzene rings is 1. The van der Waals surface area contributed by atoms with Crippen molar-refractivity contribution in [1.82, 2.24) is 4.98 Å². The Bertz CT molecular complexity index is 447. The van der Waals surface area contributed by atoms with Crippen LogP contribution < -0.4 is 11.3 Å². The normalized spacial score (nSPS) is 9.57. The minimum Gasteiger partial charge on any atom is -0.323 e. The van der Waals surface area contributed by atoms with Crippen molar-refractivity contribution in [3.05, 3.63) is 35.1 Å². The van der Waals surface area contributed by atoms with Crippen LogP contribution >= 0.6 is 28.3 Å². The van der Waals surface area contributed by atoms with E-state index in [0.29, 0.717) is 0 Å². The fourth-order valence-electron chi connectivity index (χ4n) is 1.28. The molecule has 0 spiro atoms. The van der Waals surface area contributed by atoms with E-state index in [1.54, 1.807) is 12.4 Å². The molecule has 0 saturated carbocycles. The molecule has 0 radical (unpaired) electrons. The predicted molar refractivity (Wildman–Crippen MR) is 64.5 cm³/mol. The molecule has 1 aromatic carbocycles. The lowest BCUT2D eigenvalue weighted by Crippen LogP contribution is -2.07. The topological polar surface area (TPSA) is 50.9 Å². The van der Waals surface area contributed by atoms with Gasteiger partial charge in [-0.1, -0.05) is 15.9 Å². The standard InChI is InChI=1S/C9H8BrN3.ClH/c10-8-1-2-9(13-11)7-5-12-4-3-6(7)8;/h1-5,13H,11H2;1H. The number of anilines is 1. The molecule has 0 bridgehead atoms. The number of hydrazine groups is 1. The number of hydrogen-bond donors (Lipinski definition) is 2. The van der Waals surface area contributed by atoms with Crippen molar-refractivity contribution in [2.24, 2.45) is 5.84 Å². The fourth-order valence-corrected chi connectivity index (χ4v) is 1.76. The minimum absolute atomic E-state index is 0. The molecule has 0 amide bonds. The molecule has 1 aromatic heterocycles. The summed E-state index contributed by atoms with van der Waals surface area (Å²) in [5, 5.41) is 2.12. The van der Waals surface area contributed by atoms with E-state index in [2.05, 4.69) is 26.3 Å². The van der Waals surface area contributed by atoms with Gasteiger partial charge in [0.2, 0.25) is 0 Å². The lowest BCUT2D eigenvalue weighted by atomic mass is 10.1. The maximum Gasteiger partial charge on any atom is 0.0579 e. The quantitative estimate of drug-likeness (QED) is 0.621. The Morgan fingerprint density at radius 2 is 2.00 bits per heavy atom. The molecule has 2 rings (SSSR count). The Morgan fingerprint density at radius 3 is 2.71 bits per heavy atom. The first-order valence-corrected chi connectivity index (χ1v) is 4.61. The van der Waals surface area contributed by atoms with Crippen LogP contribution in [0.4, 0.5) is 5.69 Å². The SMILES string of the molecule is Cl.NNc1ccc(Br)c2ccncc12. The summed E-state index contributed by atoms with van der Waals surface area (Å²) in [5.74, 6) is 5.37. The Kier molecular flexibility index (Phi) is 3.69. The van der Waals surface area contributed by atoms with Crippen molar-refractivity contribution in [2.45, 2.75) is 0 Å². The van der Waals surface area contributed by atoms with Gasteiger partial charge in [0.1, 0.15) is 0 Å². The second kappa shape index (κ2) is 4.59. The van der Waals surface area contributed by atoms with Gasteiger partial charge in [-0.05, 0) is 18.2 Å². The van der Waals surface area contributed by atoms with E-state index in [1.165, 1.54) is 0 Å². The summed E-state index contributed by atoms with van der Waals surface area (Å²) >= 11 is 3.46. The number of nitrogen functional groups attached to an aromatic ring is 1. The Hall–Kier alpha value is -0.840. The fraction of sp³-hybridized carbons (Fsp3) is 0. The van der Waals surface area contributed by atoms with E-state index in [-0.39, 0.29) is 12.4 Å². The zero-order valence-corrected chi connectivity index (χ0v) is 9.60. The third-order valence-corrected chi connectivity index (χ3v) is 2.61. The second-order valence-corrected chi connectivity index (χ2v) is 3.51. The Labute approximate surface area is 96.2 Å². The summed E-state index contributed by atoms with van der Waals surface area (Å²) in [7, 11) is 0. The van der Waals surface area contributed by atoms with Gasteiger partial charge < -0.3 is 5.43 Å². The van der Waals surface area contributed by atoms with Crippen molar-refractivity contribution >= 4 is 44.8 Å². The third-order valence-electron chi connectivity index (χ3n) is 1.92. The number of nitrogens with two attached hydrogens (primary N) is 1. The van der Waals surface area contributed by atoms with E-state index in [1.807, 2.05) is 18.2 Å². The average Bonchev–Trinajstić information content (AvgIpc) is 2.19. The first-order chi connectivity index (χ1) is 6.33. The number of pyridine rings is 1. The van der Waals surface area contributed by atoms with Gasteiger partial charge in [0.15, 0.2) is 0 Å². The van der Waals surface area contributed by atoms with Crippen molar-refractivity contribution in [1.29, 1.82) is 0 Å². The largest absolute Gasteiger partial charge is 0.323 e. The van der Waals surface area contributed by atoms with Gasteiger partial charge in [0, 0.05) is 27.6 Å². The van der Waals surface area contributed by atoms with E-state index in [9.17, 15) is 0 Å². The number of hydrogen-bond acceptors (Lipinski definition) is 3. The Morgan fingerprint density at radius 1 is 1.21 bits per heavy atom. The summed E-state index contributed by atoms with van der Waals surface area (Å²) in [4.78, 5) is 4.05. The monoisotopic (exact) mass is 273 g/mol. The smallest absolute Gasteiger partial charge is 0.0579 e. The summed E-state index contributed by atoms with van der Waals surface area (Å²) in [6, 6.07) is 5.81. The summed E-state index contributed by atoms with van der Waals surface area (Å²) in [5.41, 5.74) is 3.52. The molecule has 0 unspecified atom stereocenters. The number of halogens is 2. The predicted octanol–water partition coefficient (Wildman–Crippen LogP) is 2.70. The number of fused-ring (bicyclic) bond motifs is 1. The zero-order valence-electron chi connectivity index (χ0n) is 7.20. The van der Waals surface area contributed by atoms with Crippen molar-refractivity contribution in [3.8, 4) is 0 Å². The summed E-state index contributed by atoms with van der Waals surface area (Å²) in [6.45, 7) is 0. The van der Waals surface area contributed by atoms with E-state index in [4.69, 9.17) is 5.84 Å². The molecule has 0 aliphatic carbocycles. The van der Waals surface area contributed by atoms with E-state index < -0.39 is 0 Å². The van der Waals surface area contributed by atoms with E-state index >= 15 is 0 Å². The maximum absolute atomic E-state index is 5.37. The first-order valence-electron chi connectivity index (χ1n) is 3.82. The van der Waals surface area contributed by atoms with Crippen LogP contribution in [0.1, 0.15) is 0 Å². The van der Waals surface area contributed by atoms with Gasteiger partial charge in [-0.2, -0.15) is 0 Å². The third kappa shape index (κ3) is 1.82.